The molecule has 0 heterocycles. The summed E-state index contributed by atoms with van der Waals surface area (Å²) in [5.74, 6) is -1.46. The van der Waals surface area contributed by atoms with Gasteiger partial charge in [-0.25, -0.2) is 9.82 Å². The minimum Gasteiger partial charge on any atom is -0.488 e. The Labute approximate surface area is 157 Å². The predicted octanol–water partition coefficient (Wildman–Crippen LogP) is 2.77. The van der Waals surface area contributed by atoms with Crippen LogP contribution < -0.4 is 15.5 Å². The van der Waals surface area contributed by atoms with E-state index in [0.29, 0.717) is 16.9 Å². The highest BCUT2D eigenvalue weighted by molar-refractivity contribution is 6.35. The number of nitrogens with one attached hydrogen (secondary N) is 2. The summed E-state index contributed by atoms with van der Waals surface area (Å²) < 4.78 is 19.3. The Morgan fingerprint density at radius 2 is 1.85 bits per heavy atom. The van der Waals surface area contributed by atoms with Crippen molar-refractivity contribution in [3.63, 3.8) is 0 Å². The van der Waals surface area contributed by atoms with E-state index in [1.54, 1.807) is 49.4 Å². The Kier molecular flexibility index (Phi) is 7.49. The van der Waals surface area contributed by atoms with Gasteiger partial charge in [-0.3, -0.25) is 9.59 Å². The third-order valence-electron chi connectivity index (χ3n) is 3.83. The Morgan fingerprint density at radius 3 is 2.59 bits per heavy atom. The minimum absolute atomic E-state index is 0.0567. The molecule has 0 aliphatic carbocycles. The number of nitrogens with zero attached hydrogens (tertiary/aromatic N) is 1. The van der Waals surface area contributed by atoms with Crippen molar-refractivity contribution in [2.24, 2.45) is 5.10 Å². The van der Waals surface area contributed by atoms with E-state index in [0.717, 1.165) is 6.42 Å². The van der Waals surface area contributed by atoms with Crippen molar-refractivity contribution in [2.45, 2.75) is 32.9 Å². The highest BCUT2D eigenvalue weighted by Gasteiger charge is 2.14. The van der Waals surface area contributed by atoms with Crippen molar-refractivity contribution in [2.75, 3.05) is 0 Å². The van der Waals surface area contributed by atoms with Gasteiger partial charge in [-0.1, -0.05) is 37.3 Å². The fraction of sp³-hybridized carbons (Fsp3) is 0.250. The Bertz CT molecular complexity index is 824. The number of hydrogen-bond donors (Lipinski definition) is 2. The number of amides is 2. The lowest BCUT2D eigenvalue weighted by Gasteiger charge is -2.10. The monoisotopic (exact) mass is 371 g/mol. The molecule has 0 saturated heterocycles. The summed E-state index contributed by atoms with van der Waals surface area (Å²) in [6.45, 7) is 3.76. The van der Waals surface area contributed by atoms with Crippen molar-refractivity contribution in [1.29, 1.82) is 0 Å². The Morgan fingerprint density at radius 1 is 1.15 bits per heavy atom. The van der Waals surface area contributed by atoms with Crippen LogP contribution in [0.5, 0.6) is 5.75 Å². The number of para-hydroxylation sites is 1. The van der Waals surface area contributed by atoms with Crippen LogP contribution in [0.3, 0.4) is 0 Å². The van der Waals surface area contributed by atoms with E-state index in [-0.39, 0.29) is 18.5 Å². The van der Waals surface area contributed by atoms with Crippen LogP contribution in [0.4, 0.5) is 4.39 Å². The lowest BCUT2D eigenvalue weighted by molar-refractivity contribution is -0.139. The van der Waals surface area contributed by atoms with E-state index in [1.807, 2.05) is 6.92 Å². The number of carbonyl (C=O) groups excluding carboxylic acids is 2. The number of hydrazone groups is 1. The lowest BCUT2D eigenvalue weighted by atomic mass is 10.2. The van der Waals surface area contributed by atoms with Gasteiger partial charge in [-0.15, -0.1) is 0 Å². The molecule has 0 fully saturated rings. The second-order valence-electron chi connectivity index (χ2n) is 5.90. The van der Waals surface area contributed by atoms with Crippen LogP contribution in [-0.2, 0) is 16.2 Å². The second kappa shape index (κ2) is 10.1. The van der Waals surface area contributed by atoms with Gasteiger partial charge in [0.15, 0.2) is 0 Å². The van der Waals surface area contributed by atoms with Crippen LogP contribution in [0.25, 0.3) is 0 Å². The molecular formula is C20H22FN3O3. The molecule has 0 unspecified atom stereocenters. The van der Waals surface area contributed by atoms with Gasteiger partial charge in [0, 0.05) is 17.2 Å². The third kappa shape index (κ3) is 6.22. The average Bonchev–Trinajstić information content (AvgIpc) is 2.68. The molecule has 0 spiro atoms. The maximum Gasteiger partial charge on any atom is 0.329 e. The molecule has 142 valence electrons. The van der Waals surface area contributed by atoms with Gasteiger partial charge >= 0.3 is 11.8 Å². The van der Waals surface area contributed by atoms with Gasteiger partial charge in [-0.2, -0.15) is 5.10 Å². The normalized spacial score (nSPS) is 11.8. The van der Waals surface area contributed by atoms with Crippen LogP contribution in [0.1, 0.15) is 31.4 Å². The molecule has 2 rings (SSSR count). The van der Waals surface area contributed by atoms with E-state index >= 15 is 0 Å². The van der Waals surface area contributed by atoms with Gasteiger partial charge in [0.2, 0.25) is 0 Å². The molecular weight excluding hydrogens is 349 g/mol. The lowest BCUT2D eigenvalue weighted by Crippen LogP contribution is -2.41. The zero-order chi connectivity index (χ0) is 19.6. The first-order valence-corrected chi connectivity index (χ1v) is 8.60. The highest BCUT2D eigenvalue weighted by Crippen LogP contribution is 2.18. The number of halogens is 1. The quantitative estimate of drug-likeness (QED) is 0.446. The molecule has 0 aliphatic heterocycles. The molecule has 0 saturated carbocycles. The van der Waals surface area contributed by atoms with Crippen molar-refractivity contribution < 1.29 is 18.7 Å². The van der Waals surface area contributed by atoms with Crippen LogP contribution in [0.15, 0.2) is 53.6 Å². The first kappa shape index (κ1) is 20.1. The molecule has 0 radical (unpaired) electrons. The van der Waals surface area contributed by atoms with E-state index in [1.165, 1.54) is 12.3 Å². The van der Waals surface area contributed by atoms with Crippen molar-refractivity contribution in [3.05, 3.63) is 65.5 Å². The standard InChI is InChI=1S/C20H22FN3O3/c1-3-14(2)23-19(25)20(26)24-22-12-15-8-5-7-11-18(15)27-13-16-9-4-6-10-17(16)21/h4-12,14H,3,13H2,1-2H3,(H,23,25)(H,24,26)/b22-12-/t14-/m0/s1. The summed E-state index contributed by atoms with van der Waals surface area (Å²) in [7, 11) is 0. The molecule has 7 heteroatoms. The molecule has 2 N–H and O–H groups in total. The summed E-state index contributed by atoms with van der Waals surface area (Å²) in [4.78, 5) is 23.4. The molecule has 6 nitrogen and oxygen atoms in total. The van der Waals surface area contributed by atoms with Crippen molar-refractivity contribution in [1.82, 2.24) is 10.7 Å². The molecule has 2 aromatic rings. The van der Waals surface area contributed by atoms with Crippen LogP contribution in [-0.4, -0.2) is 24.1 Å². The Hall–Kier alpha value is -3.22. The zero-order valence-corrected chi connectivity index (χ0v) is 15.2. The van der Waals surface area contributed by atoms with E-state index in [2.05, 4.69) is 15.8 Å². The maximum atomic E-state index is 13.7. The molecule has 0 aromatic heterocycles. The summed E-state index contributed by atoms with van der Waals surface area (Å²) >= 11 is 0. The maximum absolute atomic E-state index is 13.7. The largest absolute Gasteiger partial charge is 0.488 e. The van der Waals surface area contributed by atoms with Gasteiger partial charge in [0.1, 0.15) is 18.2 Å². The first-order valence-electron chi connectivity index (χ1n) is 8.60. The summed E-state index contributed by atoms with van der Waals surface area (Å²) in [6.07, 6.45) is 2.08. The average molecular weight is 371 g/mol. The van der Waals surface area contributed by atoms with E-state index in [9.17, 15) is 14.0 Å². The third-order valence-corrected chi connectivity index (χ3v) is 3.83. The summed E-state index contributed by atoms with van der Waals surface area (Å²) in [5.41, 5.74) is 3.18. The van der Waals surface area contributed by atoms with Crippen molar-refractivity contribution in [3.8, 4) is 5.75 Å². The smallest absolute Gasteiger partial charge is 0.329 e. The van der Waals surface area contributed by atoms with Crippen LogP contribution >= 0.6 is 0 Å². The van der Waals surface area contributed by atoms with E-state index in [4.69, 9.17) is 4.74 Å². The SMILES string of the molecule is CC[C@H](C)NC(=O)C(=O)N/N=C\c1ccccc1OCc1ccccc1F. The van der Waals surface area contributed by atoms with Gasteiger partial charge in [0.25, 0.3) is 0 Å². The van der Waals surface area contributed by atoms with Gasteiger partial charge in [-0.05, 0) is 31.5 Å². The van der Waals surface area contributed by atoms with Crippen molar-refractivity contribution >= 4 is 18.0 Å². The number of rotatable bonds is 7. The minimum atomic E-state index is -0.851. The number of hydrogen-bond acceptors (Lipinski definition) is 4. The number of ether oxygens (including phenoxy) is 1. The summed E-state index contributed by atoms with van der Waals surface area (Å²) in [6, 6.07) is 13.2. The fourth-order valence-electron chi connectivity index (χ4n) is 2.09. The zero-order valence-electron chi connectivity index (χ0n) is 15.2. The first-order chi connectivity index (χ1) is 13.0. The van der Waals surface area contributed by atoms with Gasteiger partial charge < -0.3 is 10.1 Å². The fourth-order valence-corrected chi connectivity index (χ4v) is 2.09. The molecule has 1 atom stereocenters. The molecule has 0 aliphatic rings. The molecule has 2 amide bonds. The van der Waals surface area contributed by atoms with Crippen LogP contribution in [0.2, 0.25) is 0 Å². The number of carbonyl (C=O) groups is 2. The number of benzene rings is 2. The molecule has 27 heavy (non-hydrogen) atoms. The second-order valence-corrected chi connectivity index (χ2v) is 5.90. The Balaban J connectivity index is 1.97. The molecule has 0 bridgehead atoms. The van der Waals surface area contributed by atoms with E-state index < -0.39 is 11.8 Å². The highest BCUT2D eigenvalue weighted by atomic mass is 19.1. The predicted molar refractivity (Wildman–Crippen MR) is 101 cm³/mol. The van der Waals surface area contributed by atoms with Crippen LogP contribution in [0, 0.1) is 5.82 Å². The molecule has 2 aromatic carbocycles. The van der Waals surface area contributed by atoms with Gasteiger partial charge in [0.05, 0.1) is 6.21 Å². The topological polar surface area (TPSA) is 79.8 Å². The summed E-state index contributed by atoms with van der Waals surface area (Å²) in [5, 5.41) is 6.34.